The number of pyridine rings is 1. The topological polar surface area (TPSA) is 88.2 Å². The van der Waals surface area contributed by atoms with E-state index in [9.17, 15) is 13.6 Å². The van der Waals surface area contributed by atoms with Crippen molar-refractivity contribution in [3.63, 3.8) is 0 Å². The maximum absolute atomic E-state index is 13.6. The molecule has 104 valence electrons. The summed E-state index contributed by atoms with van der Waals surface area (Å²) in [5.41, 5.74) is 4.76. The predicted octanol–water partition coefficient (Wildman–Crippen LogP) is 3.15. The van der Waals surface area contributed by atoms with E-state index in [2.05, 4.69) is 26.2 Å². The Balaban J connectivity index is 2.41. The Morgan fingerprint density at radius 2 is 1.90 bits per heavy atom. The van der Waals surface area contributed by atoms with Crippen LogP contribution in [0.15, 0.2) is 28.9 Å². The molecule has 0 bridgehead atoms. The molecule has 5 nitrogen and oxygen atoms in total. The molecule has 0 aliphatic rings. The van der Waals surface area contributed by atoms with Crippen molar-refractivity contribution in [3.05, 3.63) is 46.1 Å². The summed E-state index contributed by atoms with van der Waals surface area (Å²) in [6.07, 6.45) is 1.10. The summed E-state index contributed by atoms with van der Waals surface area (Å²) in [6.45, 7) is 0. The van der Waals surface area contributed by atoms with Gasteiger partial charge >= 0.3 is 5.97 Å². The largest absolute Gasteiger partial charge is 0.478 e. The van der Waals surface area contributed by atoms with Crippen molar-refractivity contribution in [3.8, 4) is 0 Å². The fourth-order valence-electron chi connectivity index (χ4n) is 1.51. The molecule has 20 heavy (non-hydrogen) atoms. The lowest BCUT2D eigenvalue weighted by Gasteiger charge is -2.10. The minimum Gasteiger partial charge on any atom is -0.478 e. The zero-order valence-electron chi connectivity index (χ0n) is 9.82. The number of carbonyl (C=O) groups is 1. The monoisotopic (exact) mass is 343 g/mol. The predicted molar refractivity (Wildman–Crippen MR) is 72.9 cm³/mol. The first-order chi connectivity index (χ1) is 9.38. The van der Waals surface area contributed by atoms with E-state index in [-0.39, 0.29) is 21.5 Å². The first-order valence-corrected chi connectivity index (χ1v) is 6.08. The fraction of sp³-hybridized carbons (Fsp3) is 0. The number of nitrogen functional groups attached to an aromatic ring is 1. The Hall–Kier alpha value is -2.22. The molecule has 0 saturated carbocycles. The Labute approximate surface area is 120 Å². The van der Waals surface area contributed by atoms with Crippen LogP contribution in [0.3, 0.4) is 0 Å². The molecule has 8 heteroatoms. The second-order valence-corrected chi connectivity index (χ2v) is 4.75. The highest BCUT2D eigenvalue weighted by atomic mass is 79.9. The summed E-state index contributed by atoms with van der Waals surface area (Å²) >= 11 is 2.96. The van der Waals surface area contributed by atoms with Crippen LogP contribution in [0.4, 0.5) is 26.0 Å². The molecule has 0 unspecified atom stereocenters. The van der Waals surface area contributed by atoms with Gasteiger partial charge in [-0.25, -0.2) is 18.6 Å². The van der Waals surface area contributed by atoms with Crippen LogP contribution in [0.2, 0.25) is 0 Å². The van der Waals surface area contributed by atoms with Crippen molar-refractivity contribution >= 4 is 39.1 Å². The molecule has 0 spiro atoms. The number of benzene rings is 1. The Bertz CT molecular complexity index is 671. The lowest BCUT2D eigenvalue weighted by atomic mass is 10.2. The molecule has 0 fully saturated rings. The van der Waals surface area contributed by atoms with E-state index < -0.39 is 23.3 Å². The molecular formula is C12H8BrF2N3O2. The van der Waals surface area contributed by atoms with Crippen molar-refractivity contribution in [1.29, 1.82) is 0 Å². The van der Waals surface area contributed by atoms with E-state index in [0.29, 0.717) is 0 Å². The Morgan fingerprint density at radius 1 is 1.30 bits per heavy atom. The van der Waals surface area contributed by atoms with Crippen molar-refractivity contribution in [1.82, 2.24) is 4.98 Å². The summed E-state index contributed by atoms with van der Waals surface area (Å²) in [5, 5.41) is 11.3. The van der Waals surface area contributed by atoms with Crippen LogP contribution >= 0.6 is 15.9 Å². The Morgan fingerprint density at radius 3 is 2.45 bits per heavy atom. The number of anilines is 3. The van der Waals surface area contributed by atoms with E-state index in [0.717, 1.165) is 24.4 Å². The average molecular weight is 344 g/mol. The number of nitrogens with zero attached hydrogens (tertiary/aromatic N) is 1. The highest BCUT2D eigenvalue weighted by Gasteiger charge is 2.14. The number of hydrogen-bond donors (Lipinski definition) is 3. The summed E-state index contributed by atoms with van der Waals surface area (Å²) < 4.78 is 27.5. The average Bonchev–Trinajstić information content (AvgIpc) is 2.35. The van der Waals surface area contributed by atoms with Gasteiger partial charge in [-0.15, -0.1) is 0 Å². The first-order valence-electron chi connectivity index (χ1n) is 5.29. The number of carboxylic acids is 1. The van der Waals surface area contributed by atoms with Crippen LogP contribution in [-0.4, -0.2) is 16.1 Å². The number of aromatic nitrogens is 1. The van der Waals surface area contributed by atoms with Gasteiger partial charge in [-0.1, -0.05) is 15.9 Å². The smallest absolute Gasteiger partial charge is 0.337 e. The van der Waals surface area contributed by atoms with E-state index >= 15 is 0 Å². The lowest BCUT2D eigenvalue weighted by molar-refractivity contribution is 0.0698. The van der Waals surface area contributed by atoms with Crippen molar-refractivity contribution < 1.29 is 18.7 Å². The maximum atomic E-state index is 13.6. The van der Waals surface area contributed by atoms with Gasteiger partial charge in [0.1, 0.15) is 11.5 Å². The molecule has 2 aromatic rings. The zero-order valence-corrected chi connectivity index (χ0v) is 11.4. The van der Waals surface area contributed by atoms with E-state index in [1.165, 1.54) is 0 Å². The minimum atomic E-state index is -1.26. The van der Waals surface area contributed by atoms with Crippen LogP contribution in [0, 0.1) is 11.6 Å². The minimum absolute atomic E-state index is 0.0308. The van der Waals surface area contributed by atoms with E-state index in [1.807, 2.05) is 0 Å². The maximum Gasteiger partial charge on any atom is 0.337 e. The van der Waals surface area contributed by atoms with Gasteiger partial charge in [-0.2, -0.15) is 0 Å². The molecule has 1 aromatic heterocycles. The summed E-state index contributed by atoms with van der Waals surface area (Å²) in [7, 11) is 0. The van der Waals surface area contributed by atoms with Gasteiger partial charge in [0, 0.05) is 4.47 Å². The Kier molecular flexibility index (Phi) is 3.84. The molecule has 1 heterocycles. The molecule has 2 rings (SSSR count). The quantitative estimate of drug-likeness (QED) is 0.796. The number of halogens is 3. The van der Waals surface area contributed by atoms with Gasteiger partial charge in [-0.3, -0.25) is 0 Å². The van der Waals surface area contributed by atoms with Crippen molar-refractivity contribution in [2.45, 2.75) is 0 Å². The molecule has 0 radical (unpaired) electrons. The molecule has 0 amide bonds. The van der Waals surface area contributed by atoms with Crippen LogP contribution in [0.5, 0.6) is 0 Å². The summed E-state index contributed by atoms with van der Waals surface area (Å²) in [5.74, 6) is -2.97. The molecule has 4 N–H and O–H groups in total. The molecule has 0 aliphatic heterocycles. The SMILES string of the molecule is Nc1cnc(Nc2c(F)cc(Br)cc2F)cc1C(=O)O. The third-order valence-corrected chi connectivity index (χ3v) is 2.88. The van der Waals surface area contributed by atoms with Crippen LogP contribution in [0.1, 0.15) is 10.4 Å². The van der Waals surface area contributed by atoms with Crippen molar-refractivity contribution in [2.75, 3.05) is 11.1 Å². The van der Waals surface area contributed by atoms with Gasteiger partial charge in [0.05, 0.1) is 17.4 Å². The normalized spacial score (nSPS) is 10.3. The van der Waals surface area contributed by atoms with Gasteiger partial charge in [-0.05, 0) is 18.2 Å². The number of hydrogen-bond acceptors (Lipinski definition) is 4. The van der Waals surface area contributed by atoms with Gasteiger partial charge in [0.25, 0.3) is 0 Å². The van der Waals surface area contributed by atoms with Crippen LogP contribution in [-0.2, 0) is 0 Å². The molecular weight excluding hydrogens is 336 g/mol. The summed E-state index contributed by atoms with van der Waals surface area (Å²) in [6, 6.07) is 3.24. The second kappa shape index (κ2) is 5.41. The van der Waals surface area contributed by atoms with E-state index in [4.69, 9.17) is 10.8 Å². The van der Waals surface area contributed by atoms with Crippen LogP contribution < -0.4 is 11.1 Å². The van der Waals surface area contributed by atoms with E-state index in [1.54, 1.807) is 0 Å². The molecule has 1 aromatic carbocycles. The third-order valence-electron chi connectivity index (χ3n) is 2.43. The lowest BCUT2D eigenvalue weighted by Crippen LogP contribution is -2.06. The highest BCUT2D eigenvalue weighted by molar-refractivity contribution is 9.10. The summed E-state index contributed by atoms with van der Waals surface area (Å²) in [4.78, 5) is 14.7. The number of rotatable bonds is 3. The zero-order chi connectivity index (χ0) is 14.9. The first kappa shape index (κ1) is 14.2. The fourth-order valence-corrected chi connectivity index (χ4v) is 1.91. The van der Waals surface area contributed by atoms with Gasteiger partial charge < -0.3 is 16.2 Å². The second-order valence-electron chi connectivity index (χ2n) is 3.83. The standard InChI is InChI=1S/C12H8BrF2N3O2/c13-5-1-7(14)11(8(15)2-5)18-10-3-6(12(19)20)9(16)4-17-10/h1-4H,16H2,(H,17,18)(H,19,20). The number of nitrogens with two attached hydrogens (primary N) is 1. The van der Waals surface area contributed by atoms with Gasteiger partial charge in [0.15, 0.2) is 11.6 Å². The molecule has 0 aliphatic carbocycles. The number of nitrogens with one attached hydrogen (secondary N) is 1. The van der Waals surface area contributed by atoms with Crippen LogP contribution in [0.25, 0.3) is 0 Å². The highest BCUT2D eigenvalue weighted by Crippen LogP contribution is 2.27. The van der Waals surface area contributed by atoms with Gasteiger partial charge in [0.2, 0.25) is 0 Å². The van der Waals surface area contributed by atoms with Crippen molar-refractivity contribution in [2.24, 2.45) is 0 Å². The number of aromatic carboxylic acids is 1. The third kappa shape index (κ3) is 2.85. The molecule has 0 atom stereocenters. The molecule has 0 saturated heterocycles. The number of carboxylic acid groups (broad SMARTS) is 1.